The zero-order valence-electron chi connectivity index (χ0n) is 29.9. The molecule has 2 saturated carbocycles. The van der Waals surface area contributed by atoms with Gasteiger partial charge in [-0.1, -0.05) is 38.4 Å². The van der Waals surface area contributed by atoms with Gasteiger partial charge >= 0.3 is 6.09 Å². The normalized spacial score (nSPS) is 23.9. The van der Waals surface area contributed by atoms with Crippen LogP contribution in [0.25, 0.3) is 10.8 Å². The van der Waals surface area contributed by atoms with Crippen molar-refractivity contribution in [3.05, 3.63) is 42.1 Å². The van der Waals surface area contributed by atoms with E-state index in [4.69, 9.17) is 25.8 Å². The van der Waals surface area contributed by atoms with Gasteiger partial charge in [0, 0.05) is 28.1 Å². The molecule has 0 bridgehead atoms. The van der Waals surface area contributed by atoms with E-state index in [9.17, 15) is 27.6 Å². The van der Waals surface area contributed by atoms with Gasteiger partial charge in [-0.25, -0.2) is 18.2 Å². The number of aromatic nitrogens is 1. The van der Waals surface area contributed by atoms with E-state index < -0.39 is 79.7 Å². The van der Waals surface area contributed by atoms with Gasteiger partial charge in [0.05, 0.1) is 25.1 Å². The Kier molecular flexibility index (Phi) is 10.3. The molecular formula is C35H46ClN5O9S. The number of hydrogen-bond acceptors (Lipinski definition) is 10. The summed E-state index contributed by atoms with van der Waals surface area (Å²) in [6.07, 6.45) is 2.40. The van der Waals surface area contributed by atoms with Crippen molar-refractivity contribution in [3.8, 4) is 11.6 Å². The Morgan fingerprint density at radius 2 is 1.80 bits per heavy atom. The van der Waals surface area contributed by atoms with Crippen molar-refractivity contribution in [1.29, 1.82) is 0 Å². The summed E-state index contributed by atoms with van der Waals surface area (Å²) < 4.78 is 44.7. The van der Waals surface area contributed by atoms with Gasteiger partial charge in [-0.3, -0.25) is 19.1 Å². The number of nitrogens with one attached hydrogen (secondary N) is 3. The molecule has 1 saturated heterocycles. The number of nitrogens with zero attached hydrogens (tertiary/aromatic N) is 2. The van der Waals surface area contributed by atoms with Crippen molar-refractivity contribution in [3.63, 3.8) is 0 Å². The SMILES string of the molecule is C=C[C@@H]1C[C@]1(NC(=O)[C@@H]1C[C@@H](Oc2ncc(OC)c3ccc(Cl)cc23)CN1C(=O)C(NC(=O)OC(C)(C)C)C(C)(C)C)C(=O)NS(=O)(=O)C1CC1. The van der Waals surface area contributed by atoms with Crippen molar-refractivity contribution in [1.82, 2.24) is 25.2 Å². The first-order chi connectivity index (χ1) is 23.7. The zero-order chi connectivity index (χ0) is 37.7. The Labute approximate surface area is 303 Å². The Balaban J connectivity index is 1.46. The summed E-state index contributed by atoms with van der Waals surface area (Å²) in [5.74, 6) is -1.99. The number of amides is 4. The lowest BCUT2D eigenvalue weighted by Gasteiger charge is -2.36. The third-order valence-electron chi connectivity index (χ3n) is 9.15. The predicted octanol–water partition coefficient (Wildman–Crippen LogP) is 3.85. The summed E-state index contributed by atoms with van der Waals surface area (Å²) >= 11 is 6.32. The van der Waals surface area contributed by atoms with Crippen LogP contribution in [0.5, 0.6) is 11.6 Å². The van der Waals surface area contributed by atoms with Gasteiger partial charge in [-0.15, -0.1) is 6.58 Å². The average Bonchev–Trinajstić information content (AvgIpc) is 3.95. The zero-order valence-corrected chi connectivity index (χ0v) is 31.4. The van der Waals surface area contributed by atoms with Gasteiger partial charge < -0.3 is 29.7 Å². The fourth-order valence-electron chi connectivity index (χ4n) is 6.21. The van der Waals surface area contributed by atoms with Crippen molar-refractivity contribution in [2.45, 2.75) is 102 Å². The lowest BCUT2D eigenvalue weighted by Crippen LogP contribution is -2.60. The first-order valence-corrected chi connectivity index (χ1v) is 18.7. The van der Waals surface area contributed by atoms with E-state index in [-0.39, 0.29) is 25.3 Å². The van der Waals surface area contributed by atoms with Crippen molar-refractivity contribution < 1.29 is 41.8 Å². The maximum Gasteiger partial charge on any atom is 0.408 e. The highest BCUT2D eigenvalue weighted by molar-refractivity contribution is 7.91. The number of alkyl carbamates (subject to hydrolysis) is 1. The maximum absolute atomic E-state index is 14.4. The van der Waals surface area contributed by atoms with Crippen LogP contribution >= 0.6 is 11.6 Å². The Morgan fingerprint density at radius 1 is 1.12 bits per heavy atom. The van der Waals surface area contributed by atoms with E-state index in [1.54, 1.807) is 59.7 Å². The largest absolute Gasteiger partial charge is 0.494 e. The number of carbonyl (C=O) groups excluding carboxylic acids is 4. The van der Waals surface area contributed by atoms with Crippen molar-refractivity contribution in [2.75, 3.05) is 13.7 Å². The summed E-state index contributed by atoms with van der Waals surface area (Å²) in [5.41, 5.74) is -3.24. The number of fused-ring (bicyclic) bond motifs is 1. The molecule has 2 heterocycles. The summed E-state index contributed by atoms with van der Waals surface area (Å²) in [4.78, 5) is 60.8. The molecule has 0 spiro atoms. The van der Waals surface area contributed by atoms with Gasteiger partial charge in [0.2, 0.25) is 27.7 Å². The topological polar surface area (TPSA) is 182 Å². The number of hydrogen-bond donors (Lipinski definition) is 3. The number of carbonyl (C=O) groups is 4. The van der Waals surface area contributed by atoms with Gasteiger partial charge in [-0.2, -0.15) is 0 Å². The molecule has 51 heavy (non-hydrogen) atoms. The van der Waals surface area contributed by atoms with E-state index in [2.05, 4.69) is 26.9 Å². The molecule has 2 aromatic rings. The second kappa shape index (κ2) is 13.8. The molecule has 5 atom stereocenters. The Morgan fingerprint density at radius 3 is 2.37 bits per heavy atom. The minimum Gasteiger partial charge on any atom is -0.494 e. The fraction of sp³-hybridized carbons (Fsp3) is 0.571. The second-order valence-corrected chi connectivity index (χ2v) is 17.8. The number of benzene rings is 1. The van der Waals surface area contributed by atoms with Crippen LogP contribution in [0.15, 0.2) is 37.1 Å². The summed E-state index contributed by atoms with van der Waals surface area (Å²) in [6.45, 7) is 14.1. The van der Waals surface area contributed by atoms with Crippen molar-refractivity contribution >= 4 is 56.2 Å². The highest BCUT2D eigenvalue weighted by Crippen LogP contribution is 2.45. The first kappa shape index (κ1) is 38.1. The van der Waals surface area contributed by atoms with E-state index in [0.29, 0.717) is 34.4 Å². The smallest absolute Gasteiger partial charge is 0.408 e. The van der Waals surface area contributed by atoms with E-state index in [0.717, 1.165) is 0 Å². The predicted molar refractivity (Wildman–Crippen MR) is 190 cm³/mol. The molecular weight excluding hydrogens is 702 g/mol. The first-order valence-electron chi connectivity index (χ1n) is 16.8. The van der Waals surface area contributed by atoms with E-state index >= 15 is 0 Å². The molecule has 278 valence electrons. The van der Waals surface area contributed by atoms with Crippen LogP contribution < -0.4 is 24.8 Å². The molecule has 1 aliphatic heterocycles. The minimum absolute atomic E-state index is 0.0204. The van der Waals surface area contributed by atoms with Crippen LogP contribution in [0.2, 0.25) is 5.02 Å². The molecule has 1 aromatic carbocycles. The second-order valence-electron chi connectivity index (χ2n) is 15.4. The van der Waals surface area contributed by atoms with Crippen LogP contribution in [-0.4, -0.2) is 90.3 Å². The molecule has 1 unspecified atom stereocenters. The summed E-state index contributed by atoms with van der Waals surface area (Å²) in [6, 6.07) is 2.82. The Bertz CT molecular complexity index is 1850. The minimum atomic E-state index is -3.91. The average molecular weight is 748 g/mol. The molecule has 2 aliphatic carbocycles. The summed E-state index contributed by atoms with van der Waals surface area (Å²) in [5, 5.41) is 6.45. The van der Waals surface area contributed by atoms with Crippen LogP contribution in [0.3, 0.4) is 0 Å². The van der Waals surface area contributed by atoms with Crippen LogP contribution in [0, 0.1) is 11.3 Å². The number of rotatable bonds is 11. The van der Waals surface area contributed by atoms with E-state index in [1.807, 2.05) is 0 Å². The number of halogens is 1. The third kappa shape index (κ3) is 8.35. The van der Waals surface area contributed by atoms with Gasteiger partial charge in [0.25, 0.3) is 5.91 Å². The standard InChI is InChI=1S/C35H46ClN5O9S/c1-9-19-16-35(19,31(44)40-51(46,47)22-11-12-22)39-28(42)25-15-21(49-29-24-14-20(36)10-13-23(24)26(48-8)17-37-29)18-41(25)30(43)27(33(2,3)4)38-32(45)50-34(5,6)7/h9-10,13-14,17,19,21-22,25,27H,1,11-12,15-16,18H2,2-8H3,(H,38,45)(H,39,42)(H,40,44)/t19-,21-,25+,27?,35-/m1/s1. The number of methoxy groups -OCH3 is 1. The fourth-order valence-corrected chi connectivity index (χ4v) is 7.75. The molecule has 3 fully saturated rings. The third-order valence-corrected chi connectivity index (χ3v) is 11.2. The lowest BCUT2D eigenvalue weighted by atomic mass is 9.85. The number of pyridine rings is 1. The van der Waals surface area contributed by atoms with Crippen LogP contribution in [-0.2, 0) is 29.1 Å². The molecule has 14 nitrogen and oxygen atoms in total. The monoisotopic (exact) mass is 747 g/mol. The molecule has 16 heteroatoms. The molecule has 5 rings (SSSR count). The Hall–Kier alpha value is -4.11. The highest BCUT2D eigenvalue weighted by Gasteiger charge is 2.62. The van der Waals surface area contributed by atoms with Crippen LogP contribution in [0.1, 0.15) is 67.2 Å². The highest BCUT2D eigenvalue weighted by atomic mass is 35.5. The molecule has 0 radical (unpaired) electrons. The molecule has 3 N–H and O–H groups in total. The molecule has 4 amide bonds. The van der Waals surface area contributed by atoms with E-state index in [1.165, 1.54) is 24.3 Å². The summed E-state index contributed by atoms with van der Waals surface area (Å²) in [7, 11) is -2.40. The lowest BCUT2D eigenvalue weighted by molar-refractivity contribution is -0.143. The van der Waals surface area contributed by atoms with Crippen LogP contribution in [0.4, 0.5) is 4.79 Å². The van der Waals surface area contributed by atoms with Gasteiger partial charge in [-0.05, 0) is 63.6 Å². The number of likely N-dealkylation sites (tertiary alicyclic amines) is 1. The van der Waals surface area contributed by atoms with Gasteiger partial charge in [0.1, 0.15) is 35.1 Å². The maximum atomic E-state index is 14.4. The quantitative estimate of drug-likeness (QED) is 0.286. The molecule has 3 aliphatic rings. The number of sulfonamides is 1. The molecule has 1 aromatic heterocycles. The number of ether oxygens (including phenoxy) is 3. The van der Waals surface area contributed by atoms with Gasteiger partial charge in [0.15, 0.2) is 0 Å². The van der Waals surface area contributed by atoms with Crippen molar-refractivity contribution in [2.24, 2.45) is 11.3 Å².